The molecule has 0 saturated heterocycles. The van der Waals surface area contributed by atoms with Crippen LogP contribution >= 0.6 is 23.2 Å². The van der Waals surface area contributed by atoms with Gasteiger partial charge in [0.2, 0.25) is 4.33 Å². The molecule has 0 spiro atoms. The molecule has 5 heteroatoms. The molecule has 98 valence electrons. The Kier molecular flexibility index (Phi) is 3.98. The monoisotopic (exact) mass is 295 g/mol. The van der Waals surface area contributed by atoms with Gasteiger partial charge >= 0.3 is 5.97 Å². The molecule has 0 unspecified atom stereocenters. The largest absolute Gasteiger partial charge is 0.479 e. The standard InChI is InChI=1S/C14H11Cl2NO2/c15-14(16,13(18)19)11-8-4-5-9-12(11)17-10-6-2-1-3-7-10/h1-9,17H,(H,18,19). The minimum atomic E-state index is -1.99. The van der Waals surface area contributed by atoms with E-state index in [2.05, 4.69) is 5.32 Å². The fourth-order valence-electron chi connectivity index (χ4n) is 1.66. The molecule has 2 aromatic rings. The molecule has 0 atom stereocenters. The van der Waals surface area contributed by atoms with Crippen LogP contribution in [0.3, 0.4) is 0 Å². The van der Waals surface area contributed by atoms with E-state index in [0.717, 1.165) is 5.69 Å². The molecule has 2 rings (SSSR count). The van der Waals surface area contributed by atoms with Crippen LogP contribution in [-0.2, 0) is 9.13 Å². The smallest absolute Gasteiger partial charge is 0.345 e. The number of aliphatic carboxylic acids is 1. The molecular weight excluding hydrogens is 285 g/mol. The van der Waals surface area contributed by atoms with Crippen molar-refractivity contribution in [3.63, 3.8) is 0 Å². The summed E-state index contributed by atoms with van der Waals surface area (Å²) in [4.78, 5) is 11.1. The van der Waals surface area contributed by atoms with Crippen molar-refractivity contribution in [2.45, 2.75) is 4.33 Å². The van der Waals surface area contributed by atoms with E-state index in [1.165, 1.54) is 0 Å². The summed E-state index contributed by atoms with van der Waals surface area (Å²) in [5.41, 5.74) is 1.68. The number of carboxylic acids is 1. The zero-order valence-corrected chi connectivity index (χ0v) is 11.3. The summed E-state index contributed by atoms with van der Waals surface area (Å²) in [6.45, 7) is 0. The van der Waals surface area contributed by atoms with Crippen LogP contribution < -0.4 is 5.32 Å². The van der Waals surface area contributed by atoms with Gasteiger partial charge in [-0.05, 0) is 18.2 Å². The summed E-state index contributed by atoms with van der Waals surface area (Å²) in [5, 5.41) is 12.2. The number of carbonyl (C=O) groups is 1. The van der Waals surface area contributed by atoms with Crippen LogP contribution in [0.25, 0.3) is 0 Å². The molecule has 2 N–H and O–H groups in total. The minimum Gasteiger partial charge on any atom is -0.479 e. The van der Waals surface area contributed by atoms with Gasteiger partial charge < -0.3 is 10.4 Å². The van der Waals surface area contributed by atoms with Gasteiger partial charge in [-0.25, -0.2) is 4.79 Å². The molecule has 0 aliphatic carbocycles. The van der Waals surface area contributed by atoms with Gasteiger partial charge in [-0.1, -0.05) is 59.6 Å². The number of halogens is 2. The molecule has 0 aliphatic heterocycles. The Labute approximate surface area is 120 Å². The second kappa shape index (κ2) is 5.51. The molecule has 0 fully saturated rings. The molecule has 0 aliphatic rings. The number of benzene rings is 2. The average molecular weight is 296 g/mol. The van der Waals surface area contributed by atoms with Crippen molar-refractivity contribution in [2.75, 3.05) is 5.32 Å². The Morgan fingerprint density at radius 1 is 1.00 bits per heavy atom. The molecule has 2 aromatic carbocycles. The lowest BCUT2D eigenvalue weighted by Gasteiger charge is -2.19. The first-order chi connectivity index (χ1) is 9.01. The van der Waals surface area contributed by atoms with Gasteiger partial charge in [0.1, 0.15) is 0 Å². The highest BCUT2D eigenvalue weighted by atomic mass is 35.5. The third-order valence-electron chi connectivity index (χ3n) is 2.59. The third-order valence-corrected chi connectivity index (χ3v) is 3.32. The lowest BCUT2D eigenvalue weighted by molar-refractivity contribution is -0.138. The van der Waals surface area contributed by atoms with Crippen molar-refractivity contribution in [3.05, 3.63) is 60.2 Å². The number of hydrogen-bond acceptors (Lipinski definition) is 2. The first-order valence-electron chi connectivity index (χ1n) is 5.54. The van der Waals surface area contributed by atoms with E-state index in [9.17, 15) is 4.79 Å². The normalized spacial score (nSPS) is 11.1. The number of nitrogens with one attached hydrogen (secondary N) is 1. The predicted octanol–water partition coefficient (Wildman–Crippen LogP) is 4.15. The van der Waals surface area contributed by atoms with E-state index in [-0.39, 0.29) is 0 Å². The van der Waals surface area contributed by atoms with Crippen LogP contribution in [0.2, 0.25) is 0 Å². The van der Waals surface area contributed by atoms with Crippen LogP contribution in [0, 0.1) is 0 Å². The third kappa shape index (κ3) is 3.00. The van der Waals surface area contributed by atoms with Gasteiger partial charge in [0.05, 0.1) is 0 Å². The van der Waals surface area contributed by atoms with Crippen molar-refractivity contribution in [1.29, 1.82) is 0 Å². The first kappa shape index (κ1) is 13.7. The second-order valence-corrected chi connectivity index (χ2v) is 5.24. The molecule has 0 saturated carbocycles. The highest BCUT2D eigenvalue weighted by Crippen LogP contribution is 2.39. The Morgan fingerprint density at radius 3 is 2.21 bits per heavy atom. The van der Waals surface area contributed by atoms with E-state index in [1.54, 1.807) is 24.3 Å². The summed E-state index contributed by atoms with van der Waals surface area (Å²) >= 11 is 11.8. The minimum absolute atomic E-state index is 0.301. The maximum absolute atomic E-state index is 11.1. The maximum Gasteiger partial charge on any atom is 0.345 e. The SMILES string of the molecule is O=C(O)C(Cl)(Cl)c1ccccc1Nc1ccccc1. The van der Waals surface area contributed by atoms with Gasteiger partial charge in [0.15, 0.2) is 0 Å². The quantitative estimate of drug-likeness (QED) is 0.833. The Balaban J connectivity index is 2.40. The molecule has 0 aromatic heterocycles. The molecular formula is C14H11Cl2NO2. The molecule has 19 heavy (non-hydrogen) atoms. The highest BCUT2D eigenvalue weighted by Gasteiger charge is 2.37. The van der Waals surface area contributed by atoms with Crippen LogP contribution in [0.15, 0.2) is 54.6 Å². The van der Waals surface area contributed by atoms with Crippen LogP contribution in [0.5, 0.6) is 0 Å². The topological polar surface area (TPSA) is 49.3 Å². The predicted molar refractivity (Wildman–Crippen MR) is 77.2 cm³/mol. The Bertz CT molecular complexity index is 585. The van der Waals surface area contributed by atoms with Crippen LogP contribution in [-0.4, -0.2) is 11.1 Å². The van der Waals surface area contributed by atoms with Gasteiger partial charge in [-0.15, -0.1) is 0 Å². The number of alkyl halides is 2. The zero-order chi connectivity index (χ0) is 13.9. The van der Waals surface area contributed by atoms with E-state index < -0.39 is 10.3 Å². The lowest BCUT2D eigenvalue weighted by Crippen LogP contribution is -2.23. The summed E-state index contributed by atoms with van der Waals surface area (Å²) in [6.07, 6.45) is 0. The van der Waals surface area contributed by atoms with Crippen LogP contribution in [0.4, 0.5) is 11.4 Å². The van der Waals surface area contributed by atoms with E-state index in [1.807, 2.05) is 30.3 Å². The van der Waals surface area contributed by atoms with E-state index in [0.29, 0.717) is 11.3 Å². The lowest BCUT2D eigenvalue weighted by atomic mass is 10.1. The van der Waals surface area contributed by atoms with Crippen molar-refractivity contribution in [2.24, 2.45) is 0 Å². The second-order valence-electron chi connectivity index (χ2n) is 3.92. The number of rotatable bonds is 4. The molecule has 0 amide bonds. The van der Waals surface area contributed by atoms with E-state index >= 15 is 0 Å². The fraction of sp³-hybridized carbons (Fsp3) is 0.0714. The molecule has 3 nitrogen and oxygen atoms in total. The highest BCUT2D eigenvalue weighted by molar-refractivity contribution is 6.57. The average Bonchev–Trinajstić information content (AvgIpc) is 2.40. The van der Waals surface area contributed by atoms with Crippen molar-refractivity contribution in [1.82, 2.24) is 0 Å². The summed E-state index contributed by atoms with van der Waals surface area (Å²) in [5.74, 6) is -1.31. The van der Waals surface area contributed by atoms with Gasteiger partial charge in [-0.2, -0.15) is 0 Å². The zero-order valence-electron chi connectivity index (χ0n) is 9.81. The summed E-state index contributed by atoms with van der Waals surface area (Å²) < 4.78 is -1.99. The summed E-state index contributed by atoms with van der Waals surface area (Å²) in [6, 6.07) is 16.1. The van der Waals surface area contributed by atoms with Gasteiger partial charge in [0.25, 0.3) is 0 Å². The van der Waals surface area contributed by atoms with Crippen molar-refractivity contribution in [3.8, 4) is 0 Å². The molecule has 0 radical (unpaired) electrons. The van der Waals surface area contributed by atoms with Crippen molar-refractivity contribution < 1.29 is 9.90 Å². The van der Waals surface area contributed by atoms with Crippen molar-refractivity contribution >= 4 is 40.5 Å². The Morgan fingerprint density at radius 2 is 1.58 bits per heavy atom. The van der Waals surface area contributed by atoms with E-state index in [4.69, 9.17) is 28.3 Å². The first-order valence-corrected chi connectivity index (χ1v) is 6.30. The fourth-order valence-corrected chi connectivity index (χ4v) is 1.99. The van der Waals surface area contributed by atoms with Gasteiger partial charge in [0, 0.05) is 16.9 Å². The molecule has 0 heterocycles. The molecule has 0 bridgehead atoms. The number of carboxylic acid groups (broad SMARTS) is 1. The number of para-hydroxylation sites is 2. The van der Waals surface area contributed by atoms with Gasteiger partial charge in [-0.3, -0.25) is 0 Å². The summed E-state index contributed by atoms with van der Waals surface area (Å²) in [7, 11) is 0. The number of anilines is 2. The number of hydrogen-bond donors (Lipinski definition) is 2. The Hall–Kier alpha value is -1.71. The van der Waals surface area contributed by atoms with Crippen LogP contribution in [0.1, 0.15) is 5.56 Å². The maximum atomic E-state index is 11.1.